The van der Waals surface area contributed by atoms with Crippen LogP contribution in [0.4, 0.5) is 0 Å². The molecule has 1 fully saturated rings. The summed E-state index contributed by atoms with van der Waals surface area (Å²) in [6.07, 6.45) is 3.95. The van der Waals surface area contributed by atoms with E-state index in [0.29, 0.717) is 6.04 Å². The Morgan fingerprint density at radius 2 is 2.26 bits per heavy atom. The van der Waals surface area contributed by atoms with Crippen LogP contribution in [0.15, 0.2) is 12.1 Å². The van der Waals surface area contributed by atoms with Crippen molar-refractivity contribution < 1.29 is 4.74 Å². The third-order valence-corrected chi connectivity index (χ3v) is 3.59. The summed E-state index contributed by atoms with van der Waals surface area (Å²) in [5.41, 5.74) is 2.09. The van der Waals surface area contributed by atoms with Crippen molar-refractivity contribution in [2.45, 2.75) is 38.8 Å². The number of likely N-dealkylation sites (N-methyl/N-ethyl adjacent to an activating group) is 1. The van der Waals surface area contributed by atoms with Gasteiger partial charge in [0, 0.05) is 37.0 Å². The summed E-state index contributed by atoms with van der Waals surface area (Å²) >= 11 is 0. The van der Waals surface area contributed by atoms with Crippen molar-refractivity contribution in [2.24, 2.45) is 0 Å². The van der Waals surface area contributed by atoms with Crippen LogP contribution in [0.1, 0.15) is 30.7 Å². The fraction of sp³-hybridized carbons (Fsp3) is 0.667. The van der Waals surface area contributed by atoms with E-state index >= 15 is 0 Å². The minimum absolute atomic E-state index is 0.630. The van der Waals surface area contributed by atoms with Gasteiger partial charge in [0.15, 0.2) is 0 Å². The molecule has 106 valence electrons. The molecule has 0 radical (unpaired) electrons. The van der Waals surface area contributed by atoms with E-state index in [1.807, 2.05) is 19.1 Å². The molecule has 0 spiro atoms. The van der Waals surface area contributed by atoms with Crippen molar-refractivity contribution in [1.82, 2.24) is 15.2 Å². The Labute approximate surface area is 116 Å². The van der Waals surface area contributed by atoms with Gasteiger partial charge in [-0.25, -0.2) is 0 Å². The molecule has 2 rings (SSSR count). The number of nitrogens with zero attached hydrogens (tertiary/aromatic N) is 2. The van der Waals surface area contributed by atoms with E-state index in [1.165, 1.54) is 19.3 Å². The molecule has 1 aromatic heterocycles. The molecule has 1 aromatic rings. The zero-order valence-electron chi connectivity index (χ0n) is 12.3. The zero-order chi connectivity index (χ0) is 13.7. The van der Waals surface area contributed by atoms with Gasteiger partial charge in [-0.2, -0.15) is 0 Å². The molecule has 0 aromatic carbocycles. The average molecular weight is 263 g/mol. The van der Waals surface area contributed by atoms with E-state index in [0.717, 1.165) is 36.8 Å². The van der Waals surface area contributed by atoms with E-state index in [4.69, 9.17) is 4.74 Å². The highest BCUT2D eigenvalue weighted by Crippen LogP contribution is 2.15. The summed E-state index contributed by atoms with van der Waals surface area (Å²) in [4.78, 5) is 6.91. The van der Waals surface area contributed by atoms with E-state index in [9.17, 15) is 0 Å². The number of aromatic nitrogens is 1. The molecule has 2 heterocycles. The lowest BCUT2D eigenvalue weighted by molar-refractivity contribution is 0.254. The second kappa shape index (κ2) is 6.87. The average Bonchev–Trinajstić information content (AvgIpc) is 2.38. The van der Waals surface area contributed by atoms with Crippen LogP contribution < -0.4 is 10.1 Å². The third-order valence-electron chi connectivity index (χ3n) is 3.59. The lowest BCUT2D eigenvalue weighted by Crippen LogP contribution is -2.42. The van der Waals surface area contributed by atoms with E-state index in [2.05, 4.69) is 22.2 Å². The number of nitrogens with one attached hydrogen (secondary N) is 1. The Morgan fingerprint density at radius 3 is 2.95 bits per heavy atom. The number of hydrogen-bond acceptors (Lipinski definition) is 4. The summed E-state index contributed by atoms with van der Waals surface area (Å²) in [6, 6.07) is 4.62. The van der Waals surface area contributed by atoms with Crippen LogP contribution in [0.5, 0.6) is 5.75 Å². The molecular formula is C15H25N3O. The number of aryl methyl sites for hydroxylation is 1. The summed E-state index contributed by atoms with van der Waals surface area (Å²) < 4.78 is 5.30. The Morgan fingerprint density at radius 1 is 1.42 bits per heavy atom. The maximum absolute atomic E-state index is 5.30. The topological polar surface area (TPSA) is 37.4 Å². The molecule has 1 aliphatic heterocycles. The molecule has 0 saturated carbocycles. The lowest BCUT2D eigenvalue weighted by Gasteiger charge is -2.28. The summed E-state index contributed by atoms with van der Waals surface area (Å²) in [5.74, 6) is 0.895. The zero-order valence-corrected chi connectivity index (χ0v) is 12.3. The van der Waals surface area contributed by atoms with Gasteiger partial charge in [0.05, 0.1) is 12.8 Å². The van der Waals surface area contributed by atoms with Gasteiger partial charge in [-0.05, 0) is 33.4 Å². The predicted molar refractivity (Wildman–Crippen MR) is 77.5 cm³/mol. The minimum atomic E-state index is 0.630. The molecule has 1 aliphatic rings. The van der Waals surface area contributed by atoms with Crippen molar-refractivity contribution in [1.29, 1.82) is 0 Å². The van der Waals surface area contributed by atoms with Crippen molar-refractivity contribution in [3.63, 3.8) is 0 Å². The van der Waals surface area contributed by atoms with E-state index < -0.39 is 0 Å². The quantitative estimate of drug-likeness (QED) is 0.881. The van der Waals surface area contributed by atoms with Crippen molar-refractivity contribution in [3.05, 3.63) is 23.5 Å². The van der Waals surface area contributed by atoms with Crippen molar-refractivity contribution in [3.8, 4) is 5.75 Å². The monoisotopic (exact) mass is 263 g/mol. The molecule has 0 amide bonds. The first-order valence-corrected chi connectivity index (χ1v) is 7.11. The Bertz CT molecular complexity index is 402. The second-order valence-corrected chi connectivity index (χ2v) is 5.48. The Hall–Kier alpha value is -1.13. The number of piperidine rings is 1. The Kier molecular flexibility index (Phi) is 5.16. The molecule has 0 aliphatic carbocycles. The van der Waals surface area contributed by atoms with Crippen LogP contribution in [0, 0.1) is 6.92 Å². The van der Waals surface area contributed by atoms with Gasteiger partial charge in [-0.15, -0.1) is 0 Å². The van der Waals surface area contributed by atoms with Gasteiger partial charge in [-0.1, -0.05) is 6.42 Å². The van der Waals surface area contributed by atoms with Crippen molar-refractivity contribution >= 4 is 0 Å². The Balaban J connectivity index is 1.90. The highest BCUT2D eigenvalue weighted by atomic mass is 16.5. The number of pyridine rings is 1. The SMILES string of the molecule is COc1cc(C)nc(CN(C)CC2CCCCN2)c1. The smallest absolute Gasteiger partial charge is 0.122 e. The van der Waals surface area contributed by atoms with Gasteiger partial charge in [0.2, 0.25) is 0 Å². The molecule has 0 bridgehead atoms. The second-order valence-electron chi connectivity index (χ2n) is 5.48. The van der Waals surface area contributed by atoms with Crippen LogP contribution in [0.3, 0.4) is 0 Å². The minimum Gasteiger partial charge on any atom is -0.497 e. The van der Waals surface area contributed by atoms with Crippen LogP contribution in [0.2, 0.25) is 0 Å². The first-order chi connectivity index (χ1) is 9.17. The maximum Gasteiger partial charge on any atom is 0.122 e. The molecule has 1 atom stereocenters. The molecule has 19 heavy (non-hydrogen) atoms. The number of rotatable bonds is 5. The largest absolute Gasteiger partial charge is 0.497 e. The number of methoxy groups -OCH3 is 1. The first kappa shape index (κ1) is 14.3. The number of ether oxygens (including phenoxy) is 1. The predicted octanol–water partition coefficient (Wildman–Crippen LogP) is 1.97. The van der Waals surface area contributed by atoms with Gasteiger partial charge in [-0.3, -0.25) is 9.88 Å². The maximum atomic E-state index is 5.30. The summed E-state index contributed by atoms with van der Waals surface area (Å²) in [5, 5.41) is 3.58. The highest BCUT2D eigenvalue weighted by Gasteiger charge is 2.15. The first-order valence-electron chi connectivity index (χ1n) is 7.11. The van der Waals surface area contributed by atoms with Crippen LogP contribution in [-0.2, 0) is 6.54 Å². The van der Waals surface area contributed by atoms with Gasteiger partial charge in [0.1, 0.15) is 5.75 Å². The van der Waals surface area contributed by atoms with Crippen LogP contribution >= 0.6 is 0 Å². The molecule has 4 nitrogen and oxygen atoms in total. The summed E-state index contributed by atoms with van der Waals surface area (Å²) in [6.45, 7) is 5.12. The van der Waals surface area contributed by atoms with Crippen molar-refractivity contribution in [2.75, 3.05) is 27.2 Å². The van der Waals surface area contributed by atoms with E-state index in [1.54, 1.807) is 7.11 Å². The van der Waals surface area contributed by atoms with Gasteiger partial charge in [0.25, 0.3) is 0 Å². The van der Waals surface area contributed by atoms with Gasteiger partial charge >= 0.3 is 0 Å². The molecular weight excluding hydrogens is 238 g/mol. The standard InChI is InChI=1S/C15H25N3O/c1-12-8-15(19-3)9-14(17-12)11-18(2)10-13-6-4-5-7-16-13/h8-9,13,16H,4-7,10-11H2,1-3H3. The van der Waals surface area contributed by atoms with Crippen LogP contribution in [-0.4, -0.2) is 43.2 Å². The summed E-state index contributed by atoms with van der Waals surface area (Å²) in [7, 11) is 3.86. The molecule has 4 heteroatoms. The normalized spacial score (nSPS) is 19.7. The molecule has 1 unspecified atom stereocenters. The fourth-order valence-electron chi connectivity index (χ4n) is 2.70. The molecule has 1 saturated heterocycles. The van der Waals surface area contributed by atoms with E-state index in [-0.39, 0.29) is 0 Å². The third kappa shape index (κ3) is 4.48. The highest BCUT2D eigenvalue weighted by molar-refractivity contribution is 5.26. The van der Waals surface area contributed by atoms with Crippen LogP contribution in [0.25, 0.3) is 0 Å². The lowest BCUT2D eigenvalue weighted by atomic mass is 10.0. The van der Waals surface area contributed by atoms with Gasteiger partial charge < -0.3 is 10.1 Å². The molecule has 1 N–H and O–H groups in total. The number of hydrogen-bond donors (Lipinski definition) is 1. The fourth-order valence-corrected chi connectivity index (χ4v) is 2.70.